The van der Waals surface area contributed by atoms with Gasteiger partial charge in [0.2, 0.25) is 5.91 Å². The molecule has 94 valence electrons. The summed E-state index contributed by atoms with van der Waals surface area (Å²) >= 11 is 1.84. The van der Waals surface area contributed by atoms with Gasteiger partial charge in [-0.1, -0.05) is 18.2 Å². The Morgan fingerprint density at radius 3 is 2.71 bits per heavy atom. The van der Waals surface area contributed by atoms with Gasteiger partial charge in [-0.05, 0) is 37.0 Å². The Morgan fingerprint density at radius 1 is 1.24 bits per heavy atom. The fourth-order valence-corrected chi connectivity index (χ4v) is 1.89. The molecule has 1 amide bonds. The molecule has 3 nitrogen and oxygen atoms in total. The average Bonchev–Trinajstić information content (AvgIpc) is 2.37. The van der Waals surface area contributed by atoms with Crippen LogP contribution in [-0.4, -0.2) is 31.0 Å². The molecule has 1 aromatic carbocycles. The molecule has 0 aliphatic heterocycles. The Hall–Kier alpha value is -1.16. The van der Waals surface area contributed by atoms with Gasteiger partial charge in [-0.15, -0.1) is 0 Å². The van der Waals surface area contributed by atoms with Crippen molar-refractivity contribution in [3.8, 4) is 0 Å². The number of carbonyl (C=O) groups excluding carboxylic acids is 1. The summed E-state index contributed by atoms with van der Waals surface area (Å²) < 4.78 is 0. The fraction of sp³-hybridized carbons (Fsp3) is 0.462. The lowest BCUT2D eigenvalue weighted by Crippen LogP contribution is -2.30. The number of thioether (sulfide) groups is 1. The van der Waals surface area contributed by atoms with Crippen molar-refractivity contribution in [2.45, 2.75) is 12.8 Å². The van der Waals surface area contributed by atoms with Crippen molar-refractivity contribution in [2.75, 3.05) is 30.4 Å². The van der Waals surface area contributed by atoms with Crippen LogP contribution in [0.25, 0.3) is 0 Å². The summed E-state index contributed by atoms with van der Waals surface area (Å²) in [5.74, 6) is 1.22. The number of benzene rings is 1. The molecule has 0 aliphatic rings. The molecule has 4 heteroatoms. The van der Waals surface area contributed by atoms with Crippen LogP contribution < -0.4 is 10.6 Å². The van der Waals surface area contributed by atoms with Crippen LogP contribution in [-0.2, 0) is 4.79 Å². The number of para-hydroxylation sites is 1. The molecule has 0 fully saturated rings. The molecule has 0 saturated heterocycles. The molecule has 17 heavy (non-hydrogen) atoms. The normalized spacial score (nSPS) is 9.94. The summed E-state index contributed by atoms with van der Waals surface area (Å²) in [4.78, 5) is 11.5. The number of nitrogens with one attached hydrogen (secondary N) is 2. The molecular weight excluding hydrogens is 232 g/mol. The van der Waals surface area contributed by atoms with Crippen molar-refractivity contribution < 1.29 is 4.79 Å². The maximum Gasteiger partial charge on any atom is 0.239 e. The Bertz CT molecular complexity index is 316. The molecule has 0 saturated carbocycles. The van der Waals surface area contributed by atoms with Crippen LogP contribution in [0.2, 0.25) is 0 Å². The van der Waals surface area contributed by atoms with E-state index in [1.54, 1.807) is 0 Å². The molecule has 0 bridgehead atoms. The van der Waals surface area contributed by atoms with Crippen molar-refractivity contribution >= 4 is 23.4 Å². The second kappa shape index (κ2) is 8.93. The Morgan fingerprint density at radius 2 is 2.00 bits per heavy atom. The van der Waals surface area contributed by atoms with E-state index in [1.165, 1.54) is 0 Å². The van der Waals surface area contributed by atoms with Crippen LogP contribution >= 0.6 is 11.8 Å². The topological polar surface area (TPSA) is 41.1 Å². The molecule has 1 aromatic rings. The molecule has 2 N–H and O–H groups in total. The molecule has 0 aromatic heterocycles. The molecule has 0 unspecified atom stereocenters. The number of amides is 1. The monoisotopic (exact) mass is 252 g/mol. The number of rotatable bonds is 8. The van der Waals surface area contributed by atoms with E-state index in [2.05, 4.69) is 16.9 Å². The van der Waals surface area contributed by atoms with Gasteiger partial charge in [0.25, 0.3) is 0 Å². The van der Waals surface area contributed by atoms with E-state index in [0.29, 0.717) is 6.54 Å². The van der Waals surface area contributed by atoms with Crippen LogP contribution in [0, 0.1) is 0 Å². The van der Waals surface area contributed by atoms with Gasteiger partial charge >= 0.3 is 0 Å². The molecule has 0 heterocycles. The van der Waals surface area contributed by atoms with Crippen LogP contribution in [0.1, 0.15) is 12.8 Å². The predicted octanol–water partition coefficient (Wildman–Crippen LogP) is 2.36. The van der Waals surface area contributed by atoms with Gasteiger partial charge in [-0.3, -0.25) is 4.79 Å². The number of anilines is 1. The van der Waals surface area contributed by atoms with Crippen molar-refractivity contribution in [3.63, 3.8) is 0 Å². The van der Waals surface area contributed by atoms with Crippen molar-refractivity contribution in [1.29, 1.82) is 0 Å². The van der Waals surface area contributed by atoms with E-state index in [4.69, 9.17) is 0 Å². The van der Waals surface area contributed by atoms with Crippen molar-refractivity contribution in [3.05, 3.63) is 30.3 Å². The maximum atomic E-state index is 11.5. The van der Waals surface area contributed by atoms with Gasteiger partial charge in [0.05, 0.1) is 6.54 Å². The highest BCUT2D eigenvalue weighted by Crippen LogP contribution is 2.03. The number of unbranched alkanes of at least 4 members (excludes halogenated alkanes) is 1. The smallest absolute Gasteiger partial charge is 0.239 e. The minimum absolute atomic E-state index is 0.0537. The van der Waals surface area contributed by atoms with Gasteiger partial charge < -0.3 is 10.6 Å². The third-order valence-electron chi connectivity index (χ3n) is 2.32. The van der Waals surface area contributed by atoms with Gasteiger partial charge in [0.15, 0.2) is 0 Å². The van der Waals surface area contributed by atoms with Gasteiger partial charge in [0, 0.05) is 12.2 Å². The van der Waals surface area contributed by atoms with Crippen LogP contribution in [0.5, 0.6) is 0 Å². The fourth-order valence-electron chi connectivity index (χ4n) is 1.40. The SMILES string of the molecule is CSCCCCNC(=O)CNc1ccccc1. The Kier molecular flexibility index (Phi) is 7.30. The van der Waals surface area contributed by atoms with Gasteiger partial charge in [-0.2, -0.15) is 11.8 Å². The lowest BCUT2D eigenvalue weighted by Gasteiger charge is -2.07. The first-order chi connectivity index (χ1) is 8.33. The zero-order valence-electron chi connectivity index (χ0n) is 10.2. The van der Waals surface area contributed by atoms with Crippen LogP contribution in [0.15, 0.2) is 30.3 Å². The molecular formula is C13H20N2OS. The Balaban J connectivity index is 2.05. The van der Waals surface area contributed by atoms with Crippen LogP contribution in [0.3, 0.4) is 0 Å². The van der Waals surface area contributed by atoms with E-state index >= 15 is 0 Å². The van der Waals surface area contributed by atoms with Gasteiger partial charge in [-0.25, -0.2) is 0 Å². The lowest BCUT2D eigenvalue weighted by molar-refractivity contribution is -0.119. The van der Waals surface area contributed by atoms with Crippen molar-refractivity contribution in [2.24, 2.45) is 0 Å². The second-order valence-electron chi connectivity index (χ2n) is 3.77. The van der Waals surface area contributed by atoms with E-state index in [0.717, 1.165) is 30.8 Å². The second-order valence-corrected chi connectivity index (χ2v) is 4.76. The third kappa shape index (κ3) is 6.89. The van der Waals surface area contributed by atoms with Crippen LogP contribution in [0.4, 0.5) is 5.69 Å². The first-order valence-corrected chi connectivity index (χ1v) is 7.27. The van der Waals surface area contributed by atoms with E-state index < -0.39 is 0 Å². The lowest BCUT2D eigenvalue weighted by atomic mass is 10.3. The molecule has 1 rings (SSSR count). The summed E-state index contributed by atoms with van der Waals surface area (Å²) in [6, 6.07) is 9.75. The number of hydrogen-bond acceptors (Lipinski definition) is 3. The highest BCUT2D eigenvalue weighted by atomic mass is 32.2. The molecule has 0 radical (unpaired) electrons. The van der Waals surface area contributed by atoms with E-state index in [9.17, 15) is 4.79 Å². The highest BCUT2D eigenvalue weighted by Gasteiger charge is 1.99. The van der Waals surface area contributed by atoms with Gasteiger partial charge in [0.1, 0.15) is 0 Å². The first-order valence-electron chi connectivity index (χ1n) is 5.87. The first kappa shape index (κ1) is 13.9. The Labute approximate surface area is 107 Å². The summed E-state index contributed by atoms with van der Waals surface area (Å²) in [7, 11) is 0. The van der Waals surface area contributed by atoms with E-state index in [1.807, 2.05) is 42.1 Å². The summed E-state index contributed by atoms with van der Waals surface area (Å²) in [5, 5.41) is 5.98. The standard InChI is InChI=1S/C13H20N2OS/c1-17-10-6-5-9-14-13(16)11-15-12-7-3-2-4-8-12/h2-4,7-8,15H,5-6,9-11H2,1H3,(H,14,16). The predicted molar refractivity (Wildman–Crippen MR) is 75.6 cm³/mol. The zero-order valence-corrected chi connectivity index (χ0v) is 11.1. The zero-order chi connectivity index (χ0) is 12.3. The summed E-state index contributed by atoms with van der Waals surface area (Å²) in [5.41, 5.74) is 0.977. The molecule has 0 atom stereocenters. The highest BCUT2D eigenvalue weighted by molar-refractivity contribution is 7.98. The quantitative estimate of drug-likeness (QED) is 0.698. The van der Waals surface area contributed by atoms with E-state index in [-0.39, 0.29) is 5.91 Å². The largest absolute Gasteiger partial charge is 0.376 e. The summed E-state index contributed by atoms with van der Waals surface area (Å²) in [6.07, 6.45) is 4.31. The molecule has 0 aliphatic carbocycles. The van der Waals surface area contributed by atoms with Crippen molar-refractivity contribution in [1.82, 2.24) is 5.32 Å². The minimum atomic E-state index is 0.0537. The average molecular weight is 252 g/mol. The number of carbonyl (C=O) groups is 1. The number of hydrogen-bond donors (Lipinski definition) is 2. The third-order valence-corrected chi connectivity index (χ3v) is 3.02. The molecule has 0 spiro atoms. The maximum absolute atomic E-state index is 11.5. The minimum Gasteiger partial charge on any atom is -0.376 e. The summed E-state index contributed by atoms with van der Waals surface area (Å²) in [6.45, 7) is 1.11.